The van der Waals surface area contributed by atoms with E-state index in [1.165, 1.54) is 57.7 Å². The lowest BCUT2D eigenvalue weighted by molar-refractivity contribution is 0.0658. The standard InChI is InChI=1S/C17H27N3O/c1-18-10-12-20(13-11-18)16-6-8-19(9-7-16)14-15-2-4-17(21)5-3-15/h2-5,16,21H,6-14H2,1H3. The Balaban J connectivity index is 1.45. The van der Waals surface area contributed by atoms with Gasteiger partial charge in [0.25, 0.3) is 0 Å². The lowest BCUT2D eigenvalue weighted by Gasteiger charge is -2.42. The van der Waals surface area contributed by atoms with E-state index in [9.17, 15) is 5.11 Å². The topological polar surface area (TPSA) is 30.0 Å². The van der Waals surface area contributed by atoms with E-state index in [1.807, 2.05) is 12.1 Å². The SMILES string of the molecule is CN1CCN(C2CCN(Cc3ccc(O)cc3)CC2)CC1. The highest BCUT2D eigenvalue weighted by Crippen LogP contribution is 2.20. The Morgan fingerprint density at radius 1 is 0.952 bits per heavy atom. The van der Waals surface area contributed by atoms with Gasteiger partial charge in [0.1, 0.15) is 5.75 Å². The van der Waals surface area contributed by atoms with Crippen molar-refractivity contribution < 1.29 is 5.11 Å². The average molecular weight is 289 g/mol. The van der Waals surface area contributed by atoms with E-state index in [4.69, 9.17) is 0 Å². The molecule has 4 nitrogen and oxygen atoms in total. The van der Waals surface area contributed by atoms with Crippen LogP contribution in [-0.4, -0.2) is 72.2 Å². The van der Waals surface area contributed by atoms with Crippen LogP contribution in [0.3, 0.4) is 0 Å². The lowest BCUT2D eigenvalue weighted by atomic mass is 10.0. The molecule has 0 aliphatic carbocycles. The maximum atomic E-state index is 9.34. The van der Waals surface area contributed by atoms with E-state index in [0.717, 1.165) is 12.6 Å². The molecule has 2 heterocycles. The minimum atomic E-state index is 0.354. The summed E-state index contributed by atoms with van der Waals surface area (Å²) >= 11 is 0. The maximum absolute atomic E-state index is 9.34. The van der Waals surface area contributed by atoms with Crippen LogP contribution < -0.4 is 0 Å². The minimum Gasteiger partial charge on any atom is -0.508 e. The van der Waals surface area contributed by atoms with E-state index < -0.39 is 0 Å². The molecule has 1 aromatic rings. The number of nitrogens with zero attached hydrogens (tertiary/aromatic N) is 3. The second kappa shape index (κ2) is 6.77. The fourth-order valence-corrected chi connectivity index (χ4v) is 3.49. The smallest absolute Gasteiger partial charge is 0.115 e. The van der Waals surface area contributed by atoms with Crippen molar-refractivity contribution in [2.45, 2.75) is 25.4 Å². The molecule has 116 valence electrons. The highest BCUT2D eigenvalue weighted by Gasteiger charge is 2.26. The molecule has 4 heteroatoms. The molecule has 1 N–H and O–H groups in total. The zero-order valence-corrected chi connectivity index (χ0v) is 13.0. The summed E-state index contributed by atoms with van der Waals surface area (Å²) in [7, 11) is 2.22. The van der Waals surface area contributed by atoms with Crippen molar-refractivity contribution in [3.8, 4) is 5.75 Å². The second-order valence-corrected chi connectivity index (χ2v) is 6.51. The molecule has 3 rings (SSSR count). The van der Waals surface area contributed by atoms with Crippen LogP contribution in [0.1, 0.15) is 18.4 Å². The minimum absolute atomic E-state index is 0.354. The van der Waals surface area contributed by atoms with Gasteiger partial charge in [0, 0.05) is 38.8 Å². The number of phenols is 1. The van der Waals surface area contributed by atoms with Crippen LogP contribution in [-0.2, 0) is 6.54 Å². The van der Waals surface area contributed by atoms with Crippen LogP contribution >= 0.6 is 0 Å². The van der Waals surface area contributed by atoms with E-state index >= 15 is 0 Å². The molecule has 2 aliphatic rings. The third-order valence-electron chi connectivity index (χ3n) is 4.95. The summed E-state index contributed by atoms with van der Waals surface area (Å²) in [6.07, 6.45) is 2.59. The fraction of sp³-hybridized carbons (Fsp3) is 0.647. The number of likely N-dealkylation sites (tertiary alicyclic amines) is 1. The van der Waals surface area contributed by atoms with Crippen molar-refractivity contribution in [3.05, 3.63) is 29.8 Å². The van der Waals surface area contributed by atoms with Gasteiger partial charge in [0.2, 0.25) is 0 Å². The Morgan fingerprint density at radius 2 is 1.57 bits per heavy atom. The molecule has 21 heavy (non-hydrogen) atoms. The van der Waals surface area contributed by atoms with Gasteiger partial charge in [-0.3, -0.25) is 9.80 Å². The highest BCUT2D eigenvalue weighted by molar-refractivity contribution is 5.25. The van der Waals surface area contributed by atoms with E-state index in [0.29, 0.717) is 5.75 Å². The summed E-state index contributed by atoms with van der Waals surface area (Å²) in [5.41, 5.74) is 1.30. The number of phenolic OH excluding ortho intramolecular Hbond substituents is 1. The average Bonchev–Trinajstić information content (AvgIpc) is 2.51. The molecule has 0 radical (unpaired) electrons. The van der Waals surface area contributed by atoms with Crippen molar-refractivity contribution in [2.75, 3.05) is 46.3 Å². The molecule has 2 fully saturated rings. The van der Waals surface area contributed by atoms with Gasteiger partial charge in [-0.25, -0.2) is 0 Å². The van der Waals surface area contributed by atoms with Gasteiger partial charge >= 0.3 is 0 Å². The summed E-state index contributed by atoms with van der Waals surface area (Å²) < 4.78 is 0. The van der Waals surface area contributed by atoms with Gasteiger partial charge in [0.05, 0.1) is 0 Å². The predicted octanol–water partition coefficient (Wildman–Crippen LogP) is 1.60. The van der Waals surface area contributed by atoms with Crippen molar-refractivity contribution in [3.63, 3.8) is 0 Å². The predicted molar refractivity (Wildman–Crippen MR) is 85.5 cm³/mol. The molecule has 0 aromatic heterocycles. The number of hydrogen-bond acceptors (Lipinski definition) is 4. The first kappa shape index (κ1) is 14.8. The van der Waals surface area contributed by atoms with Gasteiger partial charge < -0.3 is 10.0 Å². The molecular weight excluding hydrogens is 262 g/mol. The second-order valence-electron chi connectivity index (χ2n) is 6.51. The van der Waals surface area contributed by atoms with Crippen molar-refractivity contribution in [1.29, 1.82) is 0 Å². The van der Waals surface area contributed by atoms with Gasteiger partial charge in [-0.05, 0) is 50.7 Å². The molecular formula is C17H27N3O. The van der Waals surface area contributed by atoms with Gasteiger partial charge in [-0.1, -0.05) is 12.1 Å². The molecule has 0 spiro atoms. The molecule has 0 bridgehead atoms. The first-order valence-corrected chi connectivity index (χ1v) is 8.13. The third kappa shape index (κ3) is 3.96. The number of piperazine rings is 1. The summed E-state index contributed by atoms with van der Waals surface area (Å²) in [5.74, 6) is 0.354. The van der Waals surface area contributed by atoms with E-state index in [-0.39, 0.29) is 0 Å². The van der Waals surface area contributed by atoms with Crippen LogP contribution in [0.4, 0.5) is 0 Å². The van der Waals surface area contributed by atoms with Crippen molar-refractivity contribution >= 4 is 0 Å². The number of aromatic hydroxyl groups is 1. The first-order chi connectivity index (χ1) is 10.2. The zero-order chi connectivity index (χ0) is 14.7. The number of rotatable bonds is 3. The summed E-state index contributed by atoms with van der Waals surface area (Å²) in [6.45, 7) is 8.30. The number of likely N-dealkylation sites (N-methyl/N-ethyl adjacent to an activating group) is 1. The van der Waals surface area contributed by atoms with Crippen LogP contribution in [0.5, 0.6) is 5.75 Å². The number of benzene rings is 1. The molecule has 0 amide bonds. The molecule has 0 saturated carbocycles. The largest absolute Gasteiger partial charge is 0.508 e. The maximum Gasteiger partial charge on any atom is 0.115 e. The molecule has 2 aliphatic heterocycles. The van der Waals surface area contributed by atoms with Gasteiger partial charge in [0.15, 0.2) is 0 Å². The number of piperidine rings is 1. The molecule has 0 atom stereocenters. The third-order valence-corrected chi connectivity index (χ3v) is 4.95. The Bertz CT molecular complexity index is 432. The highest BCUT2D eigenvalue weighted by atomic mass is 16.3. The Labute approximate surface area is 128 Å². The van der Waals surface area contributed by atoms with Crippen LogP contribution in [0, 0.1) is 0 Å². The van der Waals surface area contributed by atoms with Crippen molar-refractivity contribution in [1.82, 2.24) is 14.7 Å². The summed E-state index contributed by atoms with van der Waals surface area (Å²) in [4.78, 5) is 7.66. The number of hydrogen-bond donors (Lipinski definition) is 1. The monoisotopic (exact) mass is 289 g/mol. The van der Waals surface area contributed by atoms with Crippen LogP contribution in [0.25, 0.3) is 0 Å². The molecule has 0 unspecified atom stereocenters. The fourth-order valence-electron chi connectivity index (χ4n) is 3.49. The van der Waals surface area contributed by atoms with Gasteiger partial charge in [-0.15, -0.1) is 0 Å². The normalized spacial score (nSPS) is 23.5. The quantitative estimate of drug-likeness (QED) is 0.915. The summed E-state index contributed by atoms with van der Waals surface area (Å²) in [6, 6.07) is 8.41. The summed E-state index contributed by atoms with van der Waals surface area (Å²) in [5, 5.41) is 9.34. The lowest BCUT2D eigenvalue weighted by Crippen LogP contribution is -2.52. The van der Waals surface area contributed by atoms with E-state index in [1.54, 1.807) is 12.1 Å². The Kier molecular flexibility index (Phi) is 4.78. The Morgan fingerprint density at radius 3 is 2.19 bits per heavy atom. The van der Waals surface area contributed by atoms with Crippen LogP contribution in [0.15, 0.2) is 24.3 Å². The van der Waals surface area contributed by atoms with Crippen molar-refractivity contribution in [2.24, 2.45) is 0 Å². The Hall–Kier alpha value is -1.10. The molecule has 1 aromatic carbocycles. The van der Waals surface area contributed by atoms with E-state index in [2.05, 4.69) is 21.7 Å². The van der Waals surface area contributed by atoms with Crippen LogP contribution in [0.2, 0.25) is 0 Å². The van der Waals surface area contributed by atoms with Gasteiger partial charge in [-0.2, -0.15) is 0 Å². The first-order valence-electron chi connectivity index (χ1n) is 8.13. The molecule has 2 saturated heterocycles. The zero-order valence-electron chi connectivity index (χ0n) is 13.0.